The molecule has 0 radical (unpaired) electrons. The molecule has 0 spiro atoms. The monoisotopic (exact) mass is 536 g/mol. The number of amides is 2. The van der Waals surface area contributed by atoms with Crippen molar-refractivity contribution in [2.75, 3.05) is 27.4 Å². The van der Waals surface area contributed by atoms with Crippen LogP contribution in [0.3, 0.4) is 0 Å². The number of ether oxygens (including phenoxy) is 3. The third kappa shape index (κ3) is 7.05. The molecule has 0 unspecified atom stereocenters. The maximum absolute atomic E-state index is 13.9. The van der Waals surface area contributed by atoms with Gasteiger partial charge in [-0.25, -0.2) is 0 Å². The summed E-state index contributed by atoms with van der Waals surface area (Å²) in [5.41, 5.74) is 2.34. The summed E-state index contributed by atoms with van der Waals surface area (Å²) in [7, 11) is 3.12. The third-order valence-corrected chi connectivity index (χ3v) is 6.85. The smallest absolute Gasteiger partial charge is 0.247 e. The Bertz CT molecular complexity index is 1210. The van der Waals surface area contributed by atoms with E-state index in [0.717, 1.165) is 29.5 Å². The molecular weight excluding hydrogens is 504 g/mol. The van der Waals surface area contributed by atoms with Crippen LogP contribution in [-0.2, 0) is 27.3 Å². The largest absolute Gasteiger partial charge is 0.493 e. The van der Waals surface area contributed by atoms with Crippen LogP contribution in [0.4, 0.5) is 0 Å². The van der Waals surface area contributed by atoms with Crippen LogP contribution >= 0.6 is 11.6 Å². The molecule has 1 aliphatic heterocycles. The summed E-state index contributed by atoms with van der Waals surface area (Å²) in [6, 6.07) is 21.2. The molecule has 2 amide bonds. The van der Waals surface area contributed by atoms with E-state index in [-0.39, 0.29) is 30.9 Å². The van der Waals surface area contributed by atoms with Gasteiger partial charge in [-0.05, 0) is 53.8 Å². The SMILES string of the molecule is COc1ccc(CC(=O)N(Cc2ccc(Cl)cc2)[C@H](C(=O)NC[C@@H]2CCCO2)c2ccccc2)cc1OC. The lowest BCUT2D eigenvalue weighted by Gasteiger charge is -2.32. The van der Waals surface area contributed by atoms with Gasteiger partial charge in [0.15, 0.2) is 11.5 Å². The first-order chi connectivity index (χ1) is 18.5. The number of methoxy groups -OCH3 is 2. The van der Waals surface area contributed by atoms with Crippen molar-refractivity contribution in [2.24, 2.45) is 0 Å². The zero-order valence-corrected chi connectivity index (χ0v) is 22.4. The van der Waals surface area contributed by atoms with Gasteiger partial charge in [-0.15, -0.1) is 0 Å². The van der Waals surface area contributed by atoms with Crippen molar-refractivity contribution in [1.29, 1.82) is 0 Å². The van der Waals surface area contributed by atoms with E-state index >= 15 is 0 Å². The topological polar surface area (TPSA) is 77.1 Å². The Balaban J connectivity index is 1.66. The highest BCUT2D eigenvalue weighted by Gasteiger charge is 2.32. The zero-order chi connectivity index (χ0) is 26.9. The Morgan fingerprint density at radius 2 is 1.71 bits per heavy atom. The number of halogens is 1. The van der Waals surface area contributed by atoms with Crippen LogP contribution in [0.5, 0.6) is 11.5 Å². The molecule has 4 rings (SSSR count). The number of nitrogens with one attached hydrogen (secondary N) is 1. The molecule has 1 fully saturated rings. The molecule has 3 aromatic carbocycles. The van der Waals surface area contributed by atoms with Crippen LogP contribution in [0.25, 0.3) is 0 Å². The standard InChI is InChI=1S/C30H33ClN2O5/c1-36-26-15-12-22(17-27(26)37-2)18-28(34)33(20-21-10-13-24(31)14-11-21)29(23-7-4-3-5-8-23)30(35)32-19-25-9-6-16-38-25/h3-5,7-8,10-15,17,25,29H,6,9,16,18-20H2,1-2H3,(H,32,35)/t25-,29-/m0/s1. The molecule has 38 heavy (non-hydrogen) atoms. The van der Waals surface area contributed by atoms with E-state index in [1.807, 2.05) is 48.5 Å². The first-order valence-corrected chi connectivity index (χ1v) is 13.1. The number of carbonyl (C=O) groups is 2. The van der Waals surface area contributed by atoms with E-state index in [0.29, 0.717) is 29.7 Å². The molecule has 3 aromatic rings. The first-order valence-electron chi connectivity index (χ1n) is 12.7. The molecule has 1 saturated heterocycles. The second kappa shape index (κ2) is 13.3. The minimum atomic E-state index is -0.832. The van der Waals surface area contributed by atoms with Gasteiger partial charge in [-0.3, -0.25) is 9.59 Å². The maximum Gasteiger partial charge on any atom is 0.247 e. The fourth-order valence-corrected chi connectivity index (χ4v) is 4.73. The summed E-state index contributed by atoms with van der Waals surface area (Å²) < 4.78 is 16.5. The van der Waals surface area contributed by atoms with Crippen LogP contribution in [0, 0.1) is 0 Å². The van der Waals surface area contributed by atoms with E-state index in [4.69, 9.17) is 25.8 Å². The quantitative estimate of drug-likeness (QED) is 0.374. The molecule has 1 aliphatic rings. The van der Waals surface area contributed by atoms with Crippen LogP contribution in [0.1, 0.15) is 35.6 Å². The second-order valence-corrected chi connectivity index (χ2v) is 9.64. The van der Waals surface area contributed by atoms with Gasteiger partial charge in [0, 0.05) is 24.7 Å². The van der Waals surface area contributed by atoms with Crippen molar-refractivity contribution in [3.63, 3.8) is 0 Å². The van der Waals surface area contributed by atoms with Crippen LogP contribution in [0.2, 0.25) is 5.02 Å². The highest BCUT2D eigenvalue weighted by molar-refractivity contribution is 6.30. The van der Waals surface area contributed by atoms with E-state index in [2.05, 4.69) is 5.32 Å². The maximum atomic E-state index is 13.9. The van der Waals surface area contributed by atoms with Crippen molar-refractivity contribution in [1.82, 2.24) is 10.2 Å². The molecule has 0 aliphatic carbocycles. The predicted molar refractivity (Wildman–Crippen MR) is 146 cm³/mol. The average Bonchev–Trinajstić information content (AvgIpc) is 3.47. The Labute approximate surface area is 228 Å². The van der Waals surface area contributed by atoms with Gasteiger partial charge in [0.05, 0.1) is 26.7 Å². The lowest BCUT2D eigenvalue weighted by Crippen LogP contribution is -2.45. The fraction of sp³-hybridized carbons (Fsp3) is 0.333. The molecule has 2 atom stereocenters. The highest BCUT2D eigenvalue weighted by Crippen LogP contribution is 2.30. The van der Waals surface area contributed by atoms with Crippen molar-refractivity contribution in [2.45, 2.75) is 38.0 Å². The number of rotatable bonds is 11. The van der Waals surface area contributed by atoms with Crippen molar-refractivity contribution < 1.29 is 23.8 Å². The second-order valence-electron chi connectivity index (χ2n) is 9.21. The average molecular weight is 537 g/mol. The summed E-state index contributed by atoms with van der Waals surface area (Å²) in [6.07, 6.45) is 1.96. The van der Waals surface area contributed by atoms with Crippen LogP contribution in [-0.4, -0.2) is 50.2 Å². The van der Waals surface area contributed by atoms with Crippen molar-refractivity contribution >= 4 is 23.4 Å². The van der Waals surface area contributed by atoms with E-state index in [1.54, 1.807) is 43.4 Å². The molecular formula is C30H33ClN2O5. The summed E-state index contributed by atoms with van der Waals surface area (Å²) >= 11 is 6.11. The van der Waals surface area contributed by atoms with Gasteiger partial charge < -0.3 is 24.4 Å². The molecule has 1 N–H and O–H groups in total. The van der Waals surface area contributed by atoms with E-state index < -0.39 is 6.04 Å². The zero-order valence-electron chi connectivity index (χ0n) is 21.7. The summed E-state index contributed by atoms with van der Waals surface area (Å²) in [6.45, 7) is 1.34. The predicted octanol–water partition coefficient (Wildman–Crippen LogP) is 4.97. The lowest BCUT2D eigenvalue weighted by atomic mass is 10.0. The molecule has 200 valence electrons. The number of hydrogen-bond acceptors (Lipinski definition) is 5. The Morgan fingerprint density at radius 1 is 1.00 bits per heavy atom. The van der Waals surface area contributed by atoms with Gasteiger partial charge in [-0.2, -0.15) is 0 Å². The Morgan fingerprint density at radius 3 is 2.37 bits per heavy atom. The van der Waals surface area contributed by atoms with E-state index in [9.17, 15) is 9.59 Å². The third-order valence-electron chi connectivity index (χ3n) is 6.59. The molecule has 0 bridgehead atoms. The molecule has 0 aromatic heterocycles. The van der Waals surface area contributed by atoms with Gasteiger partial charge in [0.25, 0.3) is 0 Å². The normalized spacial score (nSPS) is 15.5. The molecule has 0 saturated carbocycles. The fourth-order valence-electron chi connectivity index (χ4n) is 4.60. The number of nitrogens with zero attached hydrogens (tertiary/aromatic N) is 1. The minimum absolute atomic E-state index is 0.0115. The summed E-state index contributed by atoms with van der Waals surface area (Å²) in [5, 5.41) is 3.64. The molecule has 8 heteroatoms. The lowest BCUT2D eigenvalue weighted by molar-refractivity contribution is -0.141. The van der Waals surface area contributed by atoms with Crippen molar-refractivity contribution in [3.05, 3.63) is 94.5 Å². The summed E-state index contributed by atoms with van der Waals surface area (Å²) in [4.78, 5) is 29.3. The van der Waals surface area contributed by atoms with Gasteiger partial charge in [0.2, 0.25) is 11.8 Å². The summed E-state index contributed by atoms with van der Waals surface area (Å²) in [5.74, 6) is 0.669. The van der Waals surface area contributed by atoms with E-state index in [1.165, 1.54) is 0 Å². The Kier molecular flexibility index (Phi) is 9.62. The van der Waals surface area contributed by atoms with Gasteiger partial charge in [0.1, 0.15) is 6.04 Å². The Hall–Kier alpha value is -3.55. The van der Waals surface area contributed by atoms with Gasteiger partial charge >= 0.3 is 0 Å². The van der Waals surface area contributed by atoms with Crippen LogP contribution in [0.15, 0.2) is 72.8 Å². The first kappa shape index (κ1) is 27.5. The van der Waals surface area contributed by atoms with Gasteiger partial charge in [-0.1, -0.05) is 60.1 Å². The van der Waals surface area contributed by atoms with Crippen LogP contribution < -0.4 is 14.8 Å². The number of carbonyl (C=O) groups excluding carboxylic acids is 2. The number of benzene rings is 3. The molecule has 7 nitrogen and oxygen atoms in total. The minimum Gasteiger partial charge on any atom is -0.493 e. The molecule has 1 heterocycles. The number of hydrogen-bond donors (Lipinski definition) is 1. The highest BCUT2D eigenvalue weighted by atomic mass is 35.5. The van der Waals surface area contributed by atoms with Crippen molar-refractivity contribution in [3.8, 4) is 11.5 Å².